The van der Waals surface area contributed by atoms with Crippen molar-refractivity contribution in [1.82, 2.24) is 19.7 Å². The van der Waals surface area contributed by atoms with E-state index in [0.29, 0.717) is 18.8 Å². The van der Waals surface area contributed by atoms with Crippen molar-refractivity contribution in [3.8, 4) is 11.1 Å². The molecule has 2 aromatic heterocycles. The van der Waals surface area contributed by atoms with Crippen molar-refractivity contribution in [3.63, 3.8) is 0 Å². The average Bonchev–Trinajstić information content (AvgIpc) is 3.31. The number of hydrogen-bond donors (Lipinski definition) is 1. The minimum absolute atomic E-state index is 0.0925. The van der Waals surface area contributed by atoms with Gasteiger partial charge in [0.05, 0.1) is 48.3 Å². The molecule has 0 unspecified atom stereocenters. The van der Waals surface area contributed by atoms with Crippen LogP contribution in [-0.2, 0) is 16.1 Å². The van der Waals surface area contributed by atoms with E-state index < -0.39 is 6.09 Å². The molecule has 2 aliphatic rings. The number of aromatic amines is 1. The number of aromatic nitrogens is 4. The SMILES string of the molecule is CC(C)OC(=O)N1C[C@H](C)N(C(=O)C2CC2)c2ccc(-c3cnn(Cc4cnc[nH]4)c3)cc21. The Hall–Kier alpha value is -3.62. The summed E-state index contributed by atoms with van der Waals surface area (Å²) in [4.78, 5) is 36.6. The van der Waals surface area contributed by atoms with Crippen LogP contribution in [0.1, 0.15) is 39.3 Å². The molecule has 5 rings (SSSR count). The number of rotatable bonds is 5. The van der Waals surface area contributed by atoms with Crippen molar-refractivity contribution in [2.75, 3.05) is 16.3 Å². The minimum Gasteiger partial charge on any atom is -0.446 e. The Morgan fingerprint density at radius 1 is 1.18 bits per heavy atom. The second-order valence-corrected chi connectivity index (χ2v) is 9.08. The molecule has 1 aliphatic carbocycles. The molecular weight excluding hydrogens is 420 g/mol. The highest BCUT2D eigenvalue weighted by atomic mass is 16.6. The molecule has 3 aromatic rings. The highest BCUT2D eigenvalue weighted by Crippen LogP contribution is 2.42. The first-order chi connectivity index (χ1) is 15.9. The number of hydrogen-bond acceptors (Lipinski definition) is 5. The molecule has 33 heavy (non-hydrogen) atoms. The van der Waals surface area contributed by atoms with Crippen molar-refractivity contribution in [2.45, 2.75) is 52.3 Å². The maximum absolute atomic E-state index is 13.1. The summed E-state index contributed by atoms with van der Waals surface area (Å²) in [5.74, 6) is 0.232. The number of carbonyl (C=O) groups is 2. The lowest BCUT2D eigenvalue weighted by Gasteiger charge is -2.41. The molecule has 0 bridgehead atoms. The molecule has 1 saturated carbocycles. The normalized spacial score (nSPS) is 17.9. The zero-order valence-corrected chi connectivity index (χ0v) is 19.1. The van der Waals surface area contributed by atoms with Gasteiger partial charge in [0.15, 0.2) is 0 Å². The summed E-state index contributed by atoms with van der Waals surface area (Å²) in [6.45, 7) is 6.62. The standard InChI is InChI=1S/C24H28N6O3/c1-15(2)33-24(32)29-11-16(3)30(23(31)17-4-5-17)21-7-6-18(8-22(21)29)19-9-27-28(12-19)13-20-10-25-14-26-20/h6-10,12,14-17H,4-5,11,13H2,1-3H3,(H,25,26)/t16-/m0/s1. The Balaban J connectivity index is 1.50. The lowest BCUT2D eigenvalue weighted by Crippen LogP contribution is -2.52. The van der Waals surface area contributed by atoms with Crippen molar-refractivity contribution in [1.29, 1.82) is 0 Å². The first kappa shape index (κ1) is 21.2. The Morgan fingerprint density at radius 3 is 2.70 bits per heavy atom. The summed E-state index contributed by atoms with van der Waals surface area (Å²) < 4.78 is 7.35. The Bertz CT molecular complexity index is 1160. The van der Waals surface area contributed by atoms with Crippen molar-refractivity contribution < 1.29 is 14.3 Å². The predicted octanol–water partition coefficient (Wildman–Crippen LogP) is 3.82. The van der Waals surface area contributed by atoms with Gasteiger partial charge in [0, 0.05) is 30.4 Å². The van der Waals surface area contributed by atoms with Crippen molar-refractivity contribution >= 4 is 23.4 Å². The van der Waals surface area contributed by atoms with E-state index in [2.05, 4.69) is 15.1 Å². The van der Waals surface area contributed by atoms with Crippen LogP contribution in [-0.4, -0.2) is 50.4 Å². The molecule has 1 aromatic carbocycles. The number of carbonyl (C=O) groups excluding carboxylic acids is 2. The number of ether oxygens (including phenoxy) is 1. The fraction of sp³-hybridized carbons (Fsp3) is 0.417. The molecular formula is C24H28N6O3. The summed E-state index contributed by atoms with van der Waals surface area (Å²) >= 11 is 0. The second kappa shape index (κ2) is 8.38. The fourth-order valence-electron chi connectivity index (χ4n) is 4.25. The maximum atomic E-state index is 13.1. The largest absolute Gasteiger partial charge is 0.446 e. The molecule has 1 N–H and O–H groups in total. The van der Waals surface area contributed by atoms with Crippen LogP contribution in [0.2, 0.25) is 0 Å². The second-order valence-electron chi connectivity index (χ2n) is 9.08. The van der Waals surface area contributed by atoms with Gasteiger partial charge in [-0.25, -0.2) is 9.78 Å². The Morgan fingerprint density at radius 2 is 2.00 bits per heavy atom. The molecule has 0 saturated heterocycles. The number of fused-ring (bicyclic) bond motifs is 1. The lowest BCUT2D eigenvalue weighted by molar-refractivity contribution is -0.120. The van der Waals surface area contributed by atoms with Gasteiger partial charge < -0.3 is 14.6 Å². The molecule has 1 atom stereocenters. The highest BCUT2D eigenvalue weighted by Gasteiger charge is 2.41. The van der Waals surface area contributed by atoms with E-state index in [0.717, 1.165) is 35.3 Å². The van der Waals surface area contributed by atoms with Gasteiger partial charge in [-0.3, -0.25) is 14.4 Å². The van der Waals surface area contributed by atoms with Gasteiger partial charge in [-0.05, 0) is 51.3 Å². The number of nitrogens with one attached hydrogen (secondary N) is 1. The van der Waals surface area contributed by atoms with E-state index in [-0.39, 0.29) is 24.0 Å². The predicted molar refractivity (Wildman–Crippen MR) is 124 cm³/mol. The number of amides is 2. The minimum atomic E-state index is -0.399. The lowest BCUT2D eigenvalue weighted by atomic mass is 10.0. The summed E-state index contributed by atoms with van der Waals surface area (Å²) in [5, 5.41) is 4.46. The van der Waals surface area contributed by atoms with Crippen LogP contribution >= 0.6 is 0 Å². The quantitative estimate of drug-likeness (QED) is 0.640. The molecule has 2 amide bonds. The topological polar surface area (TPSA) is 96.3 Å². The van der Waals surface area contributed by atoms with Crippen LogP contribution in [0.4, 0.5) is 16.2 Å². The fourth-order valence-corrected chi connectivity index (χ4v) is 4.25. The summed E-state index contributed by atoms with van der Waals surface area (Å²) in [6.07, 6.45) is 8.41. The number of imidazole rings is 1. The monoisotopic (exact) mass is 448 g/mol. The van der Waals surface area contributed by atoms with Crippen LogP contribution < -0.4 is 9.80 Å². The zero-order valence-electron chi connectivity index (χ0n) is 19.1. The number of nitrogens with zero attached hydrogens (tertiary/aromatic N) is 5. The third kappa shape index (κ3) is 4.22. The van der Waals surface area contributed by atoms with Crippen molar-refractivity contribution in [2.24, 2.45) is 5.92 Å². The first-order valence-electron chi connectivity index (χ1n) is 11.4. The summed E-state index contributed by atoms with van der Waals surface area (Å²) in [7, 11) is 0. The molecule has 3 heterocycles. The summed E-state index contributed by atoms with van der Waals surface area (Å²) in [6, 6.07) is 5.73. The average molecular weight is 449 g/mol. The molecule has 1 fully saturated rings. The van der Waals surface area contributed by atoms with Crippen LogP contribution in [0.5, 0.6) is 0 Å². The van der Waals surface area contributed by atoms with Gasteiger partial charge in [0.25, 0.3) is 0 Å². The first-order valence-corrected chi connectivity index (χ1v) is 11.4. The molecule has 0 radical (unpaired) electrons. The van der Waals surface area contributed by atoms with E-state index in [9.17, 15) is 9.59 Å². The highest BCUT2D eigenvalue weighted by molar-refractivity contribution is 6.05. The van der Waals surface area contributed by atoms with Gasteiger partial charge in [-0.2, -0.15) is 5.10 Å². The third-order valence-corrected chi connectivity index (χ3v) is 5.99. The number of anilines is 2. The van der Waals surface area contributed by atoms with Crippen LogP contribution in [0.25, 0.3) is 11.1 Å². The third-order valence-electron chi connectivity index (χ3n) is 5.99. The number of H-pyrrole nitrogens is 1. The maximum Gasteiger partial charge on any atom is 0.414 e. The Labute approximate surface area is 192 Å². The smallest absolute Gasteiger partial charge is 0.414 e. The Kier molecular flexibility index (Phi) is 5.39. The van der Waals surface area contributed by atoms with E-state index in [1.807, 2.05) is 54.7 Å². The van der Waals surface area contributed by atoms with Crippen LogP contribution in [0.3, 0.4) is 0 Å². The van der Waals surface area contributed by atoms with Crippen LogP contribution in [0.15, 0.2) is 43.1 Å². The van der Waals surface area contributed by atoms with Gasteiger partial charge in [-0.15, -0.1) is 0 Å². The van der Waals surface area contributed by atoms with E-state index in [1.165, 1.54) is 0 Å². The molecule has 0 spiro atoms. The van der Waals surface area contributed by atoms with Gasteiger partial charge in [0.2, 0.25) is 5.91 Å². The molecule has 1 aliphatic heterocycles. The van der Waals surface area contributed by atoms with Crippen LogP contribution in [0, 0.1) is 5.92 Å². The van der Waals surface area contributed by atoms with E-state index in [1.54, 1.807) is 23.6 Å². The molecule has 172 valence electrons. The van der Waals surface area contributed by atoms with Gasteiger partial charge in [0.1, 0.15) is 0 Å². The molecule has 9 heteroatoms. The van der Waals surface area contributed by atoms with Gasteiger partial charge in [-0.1, -0.05) is 6.07 Å². The molecule has 9 nitrogen and oxygen atoms in total. The number of benzene rings is 1. The zero-order chi connectivity index (χ0) is 23.1. The van der Waals surface area contributed by atoms with E-state index >= 15 is 0 Å². The van der Waals surface area contributed by atoms with Gasteiger partial charge >= 0.3 is 6.09 Å². The summed E-state index contributed by atoms with van der Waals surface area (Å²) in [5.41, 5.74) is 4.24. The van der Waals surface area contributed by atoms with E-state index in [4.69, 9.17) is 4.74 Å². The van der Waals surface area contributed by atoms with Crippen molar-refractivity contribution in [3.05, 3.63) is 48.8 Å².